The molecule has 0 spiro atoms. The Morgan fingerprint density at radius 1 is 0.943 bits per heavy atom. The van der Waals surface area contributed by atoms with E-state index < -0.39 is 0 Å². The number of para-hydroxylation sites is 2. The molecule has 0 unspecified atom stereocenters. The highest BCUT2D eigenvalue weighted by atomic mass is 32.2. The van der Waals surface area contributed by atoms with E-state index in [9.17, 15) is 4.79 Å². The van der Waals surface area contributed by atoms with Crippen molar-refractivity contribution in [2.45, 2.75) is 18.0 Å². The standard InChI is InChI=1S/C19H17N3OS2.C8H8O2/c1-21-12-16(24-15-10-6-5-9-14(15)21)17-18(23)22(19(20)25-17)11-13-7-3-2-4-8-13;1-2-4-8-7(3-1)5-9-6-10-8/h2-10,20H,11-12H2,1H3;1-4H,5-6H2/b17-16-,20-19?;. The minimum atomic E-state index is -0.0610. The van der Waals surface area contributed by atoms with Gasteiger partial charge in [0.2, 0.25) is 0 Å². The van der Waals surface area contributed by atoms with E-state index in [0.717, 1.165) is 26.7 Å². The summed E-state index contributed by atoms with van der Waals surface area (Å²) in [6.07, 6.45) is 0. The number of nitrogens with zero attached hydrogens (tertiary/aromatic N) is 2. The van der Waals surface area contributed by atoms with E-state index in [0.29, 0.717) is 36.6 Å². The van der Waals surface area contributed by atoms with Gasteiger partial charge in [-0.25, -0.2) is 0 Å². The average Bonchev–Trinajstić information content (AvgIpc) is 3.18. The highest BCUT2D eigenvalue weighted by molar-refractivity contribution is 8.19. The Morgan fingerprint density at radius 2 is 1.69 bits per heavy atom. The first-order valence-corrected chi connectivity index (χ1v) is 12.9. The molecular weight excluding hydrogens is 478 g/mol. The number of thioether (sulfide) groups is 2. The number of ether oxygens (including phenoxy) is 2. The Bertz CT molecular complexity index is 1250. The van der Waals surface area contributed by atoms with E-state index in [1.54, 1.807) is 16.7 Å². The Kier molecular flexibility index (Phi) is 7.13. The van der Waals surface area contributed by atoms with Crippen LogP contribution < -0.4 is 9.64 Å². The van der Waals surface area contributed by atoms with Gasteiger partial charge in [0.05, 0.1) is 30.3 Å². The van der Waals surface area contributed by atoms with E-state index in [1.807, 2.05) is 73.8 Å². The van der Waals surface area contributed by atoms with Gasteiger partial charge in [-0.1, -0.05) is 72.4 Å². The fourth-order valence-electron chi connectivity index (χ4n) is 3.96. The first-order valence-electron chi connectivity index (χ1n) is 11.2. The topological polar surface area (TPSA) is 65.9 Å². The number of amides is 1. The van der Waals surface area contributed by atoms with Gasteiger partial charge in [-0.15, -0.1) is 0 Å². The van der Waals surface area contributed by atoms with Gasteiger partial charge in [-0.05, 0) is 35.5 Å². The molecule has 6 rings (SSSR count). The third-order valence-electron chi connectivity index (χ3n) is 5.74. The lowest BCUT2D eigenvalue weighted by Gasteiger charge is -2.29. The Morgan fingerprint density at radius 3 is 2.51 bits per heavy atom. The van der Waals surface area contributed by atoms with E-state index in [1.165, 1.54) is 17.4 Å². The number of rotatable bonds is 2. The molecule has 3 aliphatic rings. The maximum atomic E-state index is 12.9. The van der Waals surface area contributed by atoms with Crippen molar-refractivity contribution in [2.75, 3.05) is 25.3 Å². The summed E-state index contributed by atoms with van der Waals surface area (Å²) in [6, 6.07) is 25.9. The van der Waals surface area contributed by atoms with Crippen LogP contribution in [0.25, 0.3) is 0 Å². The first-order chi connectivity index (χ1) is 17.1. The minimum absolute atomic E-state index is 0.0610. The number of benzene rings is 3. The zero-order valence-electron chi connectivity index (χ0n) is 19.3. The number of carbonyl (C=O) groups excluding carboxylic acids is 1. The first kappa shape index (κ1) is 23.5. The van der Waals surface area contributed by atoms with Crippen molar-refractivity contribution in [1.29, 1.82) is 5.41 Å². The van der Waals surface area contributed by atoms with Crippen LogP contribution >= 0.6 is 23.5 Å². The number of carbonyl (C=O) groups is 1. The van der Waals surface area contributed by atoms with Crippen LogP contribution in [0.5, 0.6) is 5.75 Å². The molecule has 0 aliphatic carbocycles. The minimum Gasteiger partial charge on any atom is -0.467 e. The van der Waals surface area contributed by atoms with Crippen LogP contribution in [0, 0.1) is 5.41 Å². The summed E-state index contributed by atoms with van der Waals surface area (Å²) in [4.78, 5) is 19.5. The molecule has 1 saturated heterocycles. The maximum Gasteiger partial charge on any atom is 0.267 e. The second kappa shape index (κ2) is 10.6. The predicted octanol–water partition coefficient (Wildman–Crippen LogP) is 5.70. The predicted molar refractivity (Wildman–Crippen MR) is 142 cm³/mol. The molecular formula is C27H25N3O3S2. The molecule has 35 heavy (non-hydrogen) atoms. The van der Waals surface area contributed by atoms with Crippen LogP contribution in [-0.4, -0.2) is 36.4 Å². The Balaban J connectivity index is 0.000000211. The molecule has 0 bridgehead atoms. The van der Waals surface area contributed by atoms with Crippen molar-refractivity contribution in [3.8, 4) is 5.75 Å². The summed E-state index contributed by atoms with van der Waals surface area (Å²) in [5, 5.41) is 8.55. The highest BCUT2D eigenvalue weighted by Crippen LogP contribution is 2.45. The van der Waals surface area contributed by atoms with Crippen molar-refractivity contribution in [2.24, 2.45) is 0 Å². The highest BCUT2D eigenvalue weighted by Gasteiger charge is 2.36. The smallest absolute Gasteiger partial charge is 0.267 e. The summed E-state index contributed by atoms with van der Waals surface area (Å²) in [6.45, 7) is 2.20. The molecule has 1 amide bonds. The molecule has 3 heterocycles. The van der Waals surface area contributed by atoms with E-state index >= 15 is 0 Å². The second-order valence-corrected chi connectivity index (χ2v) is 10.3. The number of likely N-dealkylation sites (N-methyl/N-ethyl adjacent to an activating group) is 1. The van der Waals surface area contributed by atoms with Crippen LogP contribution in [0.15, 0.2) is 93.6 Å². The summed E-state index contributed by atoms with van der Waals surface area (Å²) in [5.41, 5.74) is 3.35. The quantitative estimate of drug-likeness (QED) is 0.453. The molecule has 0 saturated carbocycles. The Hall–Kier alpha value is -3.20. The van der Waals surface area contributed by atoms with Gasteiger partial charge in [-0.3, -0.25) is 15.1 Å². The Labute approximate surface area is 213 Å². The van der Waals surface area contributed by atoms with Crippen molar-refractivity contribution < 1.29 is 14.3 Å². The normalized spacial score (nSPS) is 18.9. The number of anilines is 1. The molecule has 178 valence electrons. The molecule has 8 heteroatoms. The van der Waals surface area contributed by atoms with Crippen molar-refractivity contribution in [3.05, 3.63) is 99.8 Å². The SMILES string of the molecule is CN1C/C(=C2/SC(=N)N(Cc3ccccc3)C2=O)Sc2ccccc21.c1ccc2c(c1)COCO2. The molecule has 0 atom stereocenters. The number of hydrogen-bond donors (Lipinski definition) is 1. The van der Waals surface area contributed by atoms with Gasteiger partial charge in [-0.2, -0.15) is 0 Å². The van der Waals surface area contributed by atoms with Gasteiger partial charge in [0.1, 0.15) is 5.75 Å². The number of amidine groups is 1. The second-order valence-electron chi connectivity index (χ2n) is 8.18. The molecule has 6 nitrogen and oxygen atoms in total. The average molecular weight is 504 g/mol. The number of nitrogens with one attached hydrogen (secondary N) is 1. The lowest BCUT2D eigenvalue weighted by molar-refractivity contribution is -0.122. The molecule has 3 aliphatic heterocycles. The van der Waals surface area contributed by atoms with Gasteiger partial charge in [0.15, 0.2) is 12.0 Å². The molecule has 3 aromatic rings. The fourth-order valence-corrected chi connectivity index (χ4v) is 6.21. The van der Waals surface area contributed by atoms with Crippen molar-refractivity contribution in [1.82, 2.24) is 4.90 Å². The van der Waals surface area contributed by atoms with Crippen molar-refractivity contribution >= 4 is 40.3 Å². The maximum absolute atomic E-state index is 12.9. The van der Waals surface area contributed by atoms with Crippen LogP contribution in [0.2, 0.25) is 0 Å². The monoisotopic (exact) mass is 503 g/mol. The van der Waals surface area contributed by atoms with Crippen LogP contribution in [0.1, 0.15) is 11.1 Å². The van der Waals surface area contributed by atoms with E-state index in [4.69, 9.17) is 14.9 Å². The van der Waals surface area contributed by atoms with Gasteiger partial charge < -0.3 is 14.4 Å². The van der Waals surface area contributed by atoms with Crippen LogP contribution in [0.4, 0.5) is 5.69 Å². The largest absolute Gasteiger partial charge is 0.467 e. The zero-order chi connectivity index (χ0) is 24.2. The van der Waals surface area contributed by atoms with Crippen LogP contribution in [-0.2, 0) is 22.7 Å². The van der Waals surface area contributed by atoms with Crippen LogP contribution in [0.3, 0.4) is 0 Å². The summed E-state index contributed by atoms with van der Waals surface area (Å²) < 4.78 is 10.3. The third-order valence-corrected chi connectivity index (χ3v) is 8.05. The zero-order valence-corrected chi connectivity index (χ0v) is 20.9. The number of hydrogen-bond acceptors (Lipinski definition) is 7. The molecule has 1 N–H and O–H groups in total. The lowest BCUT2D eigenvalue weighted by atomic mass is 10.2. The lowest BCUT2D eigenvalue weighted by Crippen LogP contribution is -2.29. The molecule has 0 radical (unpaired) electrons. The van der Waals surface area contributed by atoms with Gasteiger partial charge >= 0.3 is 0 Å². The fraction of sp³-hybridized carbons (Fsp3) is 0.185. The molecule has 0 aromatic heterocycles. The summed E-state index contributed by atoms with van der Waals surface area (Å²) in [5.74, 6) is 0.892. The van der Waals surface area contributed by atoms with Gasteiger partial charge in [0.25, 0.3) is 5.91 Å². The third kappa shape index (κ3) is 5.24. The van der Waals surface area contributed by atoms with E-state index in [2.05, 4.69) is 17.0 Å². The molecule has 1 fully saturated rings. The molecule has 3 aromatic carbocycles. The van der Waals surface area contributed by atoms with Gasteiger partial charge in [0, 0.05) is 22.4 Å². The summed E-state index contributed by atoms with van der Waals surface area (Å²) >= 11 is 2.92. The number of fused-ring (bicyclic) bond motifs is 2. The van der Waals surface area contributed by atoms with Crippen molar-refractivity contribution in [3.63, 3.8) is 0 Å². The summed E-state index contributed by atoms with van der Waals surface area (Å²) in [7, 11) is 2.04. The van der Waals surface area contributed by atoms with E-state index in [-0.39, 0.29) is 5.91 Å².